The highest BCUT2D eigenvalue weighted by Gasteiger charge is 2.15. The van der Waals surface area contributed by atoms with Crippen molar-refractivity contribution < 1.29 is 9.59 Å². The summed E-state index contributed by atoms with van der Waals surface area (Å²) in [6.45, 7) is 0. The van der Waals surface area contributed by atoms with Crippen LogP contribution in [0.25, 0.3) is 0 Å². The summed E-state index contributed by atoms with van der Waals surface area (Å²) in [7, 11) is 3.76. The number of hydrogen-bond acceptors (Lipinski definition) is 4. The van der Waals surface area contributed by atoms with Crippen molar-refractivity contribution in [3.63, 3.8) is 0 Å². The number of anilines is 3. The van der Waals surface area contributed by atoms with Crippen molar-refractivity contribution in [2.75, 3.05) is 29.6 Å². The van der Waals surface area contributed by atoms with Gasteiger partial charge in [-0.15, -0.1) is 0 Å². The predicted octanol–water partition coefficient (Wildman–Crippen LogP) is 2.20. The third-order valence-corrected chi connectivity index (χ3v) is 3.12. The SMILES string of the molecule is CN(C)c1cccc(NC(=O)C(=O)Nc2ccccc2C#N)c1. The van der Waals surface area contributed by atoms with E-state index in [0.29, 0.717) is 16.9 Å². The van der Waals surface area contributed by atoms with Crippen LogP contribution in [0.1, 0.15) is 5.56 Å². The van der Waals surface area contributed by atoms with Crippen LogP contribution in [0.4, 0.5) is 17.1 Å². The first-order valence-corrected chi connectivity index (χ1v) is 6.90. The van der Waals surface area contributed by atoms with Gasteiger partial charge in [0.1, 0.15) is 6.07 Å². The van der Waals surface area contributed by atoms with Gasteiger partial charge < -0.3 is 15.5 Å². The quantitative estimate of drug-likeness (QED) is 0.851. The van der Waals surface area contributed by atoms with Gasteiger partial charge in [-0.1, -0.05) is 18.2 Å². The molecule has 0 spiro atoms. The van der Waals surface area contributed by atoms with Crippen LogP contribution in [-0.2, 0) is 9.59 Å². The lowest BCUT2D eigenvalue weighted by atomic mass is 10.2. The Kier molecular flexibility index (Phi) is 4.95. The summed E-state index contributed by atoms with van der Waals surface area (Å²) in [6, 6.07) is 15.6. The zero-order valence-electron chi connectivity index (χ0n) is 12.8. The van der Waals surface area contributed by atoms with Gasteiger partial charge in [0, 0.05) is 25.5 Å². The molecule has 23 heavy (non-hydrogen) atoms. The fourth-order valence-electron chi connectivity index (χ4n) is 1.92. The molecule has 0 atom stereocenters. The maximum absolute atomic E-state index is 12.0. The predicted molar refractivity (Wildman–Crippen MR) is 89.2 cm³/mol. The monoisotopic (exact) mass is 308 g/mol. The van der Waals surface area contributed by atoms with Crippen molar-refractivity contribution in [2.24, 2.45) is 0 Å². The molecule has 2 N–H and O–H groups in total. The van der Waals surface area contributed by atoms with Crippen LogP contribution in [0.3, 0.4) is 0 Å². The number of benzene rings is 2. The second-order valence-electron chi connectivity index (χ2n) is 5.01. The number of para-hydroxylation sites is 1. The van der Waals surface area contributed by atoms with Crippen LogP contribution >= 0.6 is 0 Å². The van der Waals surface area contributed by atoms with E-state index in [1.54, 1.807) is 42.5 Å². The Morgan fingerprint density at radius 2 is 1.70 bits per heavy atom. The molecule has 0 saturated heterocycles. The molecular formula is C17H16N4O2. The average Bonchev–Trinajstić information content (AvgIpc) is 2.55. The summed E-state index contributed by atoms with van der Waals surface area (Å²) in [6.07, 6.45) is 0. The summed E-state index contributed by atoms with van der Waals surface area (Å²) in [5, 5.41) is 14.0. The molecule has 0 aliphatic heterocycles. The van der Waals surface area contributed by atoms with Gasteiger partial charge in [-0.25, -0.2) is 0 Å². The molecule has 0 aliphatic rings. The summed E-state index contributed by atoms with van der Waals surface area (Å²) in [5.74, 6) is -1.63. The summed E-state index contributed by atoms with van der Waals surface area (Å²) >= 11 is 0. The first-order valence-electron chi connectivity index (χ1n) is 6.90. The second kappa shape index (κ2) is 7.09. The van der Waals surface area contributed by atoms with Crippen LogP contribution in [0.15, 0.2) is 48.5 Å². The molecule has 0 radical (unpaired) electrons. The van der Waals surface area contributed by atoms with Crippen LogP contribution in [0.2, 0.25) is 0 Å². The minimum absolute atomic E-state index is 0.295. The highest BCUT2D eigenvalue weighted by Crippen LogP contribution is 2.17. The van der Waals surface area contributed by atoms with Crippen molar-refractivity contribution in [2.45, 2.75) is 0 Å². The summed E-state index contributed by atoms with van der Waals surface area (Å²) in [5.41, 5.74) is 2.02. The standard InChI is InChI=1S/C17H16N4O2/c1-21(2)14-8-5-7-13(10-14)19-16(22)17(23)20-15-9-4-3-6-12(15)11-18/h3-10H,1-2H3,(H,19,22)(H,20,23). The maximum Gasteiger partial charge on any atom is 0.314 e. The third-order valence-electron chi connectivity index (χ3n) is 3.12. The molecule has 0 aromatic heterocycles. The minimum Gasteiger partial charge on any atom is -0.378 e. The van der Waals surface area contributed by atoms with Gasteiger partial charge >= 0.3 is 11.8 Å². The van der Waals surface area contributed by atoms with E-state index in [2.05, 4.69) is 10.6 Å². The topological polar surface area (TPSA) is 85.2 Å². The summed E-state index contributed by atoms with van der Waals surface area (Å²) in [4.78, 5) is 25.8. The Balaban J connectivity index is 2.07. The lowest BCUT2D eigenvalue weighted by Crippen LogP contribution is -2.29. The molecule has 0 heterocycles. The molecule has 116 valence electrons. The zero-order chi connectivity index (χ0) is 16.8. The van der Waals surface area contributed by atoms with Crippen molar-refractivity contribution in [3.8, 4) is 6.07 Å². The number of nitriles is 1. The van der Waals surface area contributed by atoms with E-state index in [1.807, 2.05) is 31.1 Å². The molecular weight excluding hydrogens is 292 g/mol. The van der Waals surface area contributed by atoms with Crippen molar-refractivity contribution in [1.82, 2.24) is 0 Å². The average molecular weight is 308 g/mol. The van der Waals surface area contributed by atoms with Crippen LogP contribution in [0.5, 0.6) is 0 Å². The molecule has 2 aromatic rings. The molecule has 2 amide bonds. The first-order chi connectivity index (χ1) is 11.0. The summed E-state index contributed by atoms with van der Waals surface area (Å²) < 4.78 is 0. The number of hydrogen-bond donors (Lipinski definition) is 2. The zero-order valence-corrected chi connectivity index (χ0v) is 12.8. The molecule has 0 fully saturated rings. The van der Waals surface area contributed by atoms with Crippen molar-refractivity contribution in [1.29, 1.82) is 5.26 Å². The van der Waals surface area contributed by atoms with Crippen LogP contribution in [-0.4, -0.2) is 25.9 Å². The molecule has 6 nitrogen and oxygen atoms in total. The van der Waals surface area contributed by atoms with Gasteiger partial charge in [0.25, 0.3) is 0 Å². The fourth-order valence-corrected chi connectivity index (χ4v) is 1.92. The lowest BCUT2D eigenvalue weighted by Gasteiger charge is -2.14. The first kappa shape index (κ1) is 16.0. The molecule has 0 bridgehead atoms. The van der Waals surface area contributed by atoms with E-state index in [9.17, 15) is 9.59 Å². The van der Waals surface area contributed by atoms with Gasteiger partial charge in [0.05, 0.1) is 11.3 Å². The van der Waals surface area contributed by atoms with Gasteiger partial charge in [-0.2, -0.15) is 5.26 Å². The van der Waals surface area contributed by atoms with E-state index in [-0.39, 0.29) is 0 Å². The van der Waals surface area contributed by atoms with Gasteiger partial charge in [-0.3, -0.25) is 9.59 Å². The van der Waals surface area contributed by atoms with Crippen molar-refractivity contribution in [3.05, 3.63) is 54.1 Å². The van der Waals surface area contributed by atoms with Crippen molar-refractivity contribution >= 4 is 28.9 Å². The van der Waals surface area contributed by atoms with Gasteiger partial charge in [0.15, 0.2) is 0 Å². The van der Waals surface area contributed by atoms with E-state index in [1.165, 1.54) is 0 Å². The van der Waals surface area contributed by atoms with E-state index >= 15 is 0 Å². The number of nitrogens with zero attached hydrogens (tertiary/aromatic N) is 2. The normalized spacial score (nSPS) is 9.61. The number of nitrogens with one attached hydrogen (secondary N) is 2. The van der Waals surface area contributed by atoms with E-state index in [4.69, 9.17) is 5.26 Å². The highest BCUT2D eigenvalue weighted by atomic mass is 16.2. The molecule has 0 unspecified atom stereocenters. The number of carbonyl (C=O) groups is 2. The number of rotatable bonds is 3. The van der Waals surface area contributed by atoms with Gasteiger partial charge in [-0.05, 0) is 30.3 Å². The van der Waals surface area contributed by atoms with Crippen LogP contribution in [0, 0.1) is 11.3 Å². The number of amides is 2. The third kappa shape index (κ3) is 4.08. The fraction of sp³-hybridized carbons (Fsp3) is 0.118. The Morgan fingerprint density at radius 1 is 1.00 bits per heavy atom. The Morgan fingerprint density at radius 3 is 2.39 bits per heavy atom. The van der Waals surface area contributed by atoms with Gasteiger partial charge in [0.2, 0.25) is 0 Å². The second-order valence-corrected chi connectivity index (χ2v) is 5.01. The Labute approximate surface area is 134 Å². The Hall–Kier alpha value is -3.33. The maximum atomic E-state index is 12.0. The number of carbonyl (C=O) groups excluding carboxylic acids is 2. The molecule has 2 aromatic carbocycles. The van der Waals surface area contributed by atoms with E-state index in [0.717, 1.165) is 5.69 Å². The molecule has 0 saturated carbocycles. The van der Waals surface area contributed by atoms with E-state index < -0.39 is 11.8 Å². The molecule has 2 rings (SSSR count). The highest BCUT2D eigenvalue weighted by molar-refractivity contribution is 6.43. The molecule has 6 heteroatoms. The van der Waals surface area contributed by atoms with Crippen LogP contribution < -0.4 is 15.5 Å². The largest absolute Gasteiger partial charge is 0.378 e. The minimum atomic E-state index is -0.831. The smallest absolute Gasteiger partial charge is 0.314 e. The lowest BCUT2D eigenvalue weighted by molar-refractivity contribution is -0.133. The molecule has 0 aliphatic carbocycles. The Bertz CT molecular complexity index is 778.